The summed E-state index contributed by atoms with van der Waals surface area (Å²) in [5.74, 6) is -3.24. The van der Waals surface area contributed by atoms with E-state index in [4.69, 9.17) is 4.74 Å². The third kappa shape index (κ3) is 4.31. The summed E-state index contributed by atoms with van der Waals surface area (Å²) < 4.78 is 27.9. The first kappa shape index (κ1) is 21.0. The maximum absolute atomic E-state index is 12.6. The predicted molar refractivity (Wildman–Crippen MR) is 102 cm³/mol. The fraction of sp³-hybridized carbons (Fsp3) is 0.474. The van der Waals surface area contributed by atoms with Gasteiger partial charge in [-0.3, -0.25) is 19.3 Å². The standard InChI is InChI=1S/C19H22N2O7S/c1-11(2)16(21-17(23)13-5-3-4-6-14(13)18(21)24)19(25)28-9-15(22)20-12-7-8-29(26,27)10-12/h3-6,11-12,16H,7-10H2,1-2H3,(H,20,22)/t12?,16-/m0/s1. The third-order valence-electron chi connectivity index (χ3n) is 4.92. The number of nitrogens with one attached hydrogen (secondary N) is 1. The molecule has 0 saturated carbocycles. The molecule has 2 atom stereocenters. The van der Waals surface area contributed by atoms with Crippen molar-refractivity contribution < 1.29 is 32.3 Å². The number of hydrogen-bond donors (Lipinski definition) is 1. The number of nitrogens with zero attached hydrogens (tertiary/aromatic N) is 1. The van der Waals surface area contributed by atoms with Gasteiger partial charge in [0, 0.05) is 6.04 Å². The highest BCUT2D eigenvalue weighted by Crippen LogP contribution is 2.27. The molecule has 2 aliphatic rings. The number of esters is 1. The molecule has 9 nitrogen and oxygen atoms in total. The van der Waals surface area contributed by atoms with Gasteiger partial charge in [0.05, 0.1) is 22.6 Å². The van der Waals surface area contributed by atoms with Crippen molar-refractivity contribution in [2.24, 2.45) is 5.92 Å². The zero-order valence-electron chi connectivity index (χ0n) is 16.1. The first-order valence-electron chi connectivity index (χ1n) is 9.24. The Labute approximate surface area is 168 Å². The number of sulfone groups is 1. The highest BCUT2D eigenvalue weighted by Gasteiger charge is 2.44. The average Bonchev–Trinajstić information content (AvgIpc) is 3.11. The molecule has 1 unspecified atom stereocenters. The number of fused-ring (bicyclic) bond motifs is 1. The van der Waals surface area contributed by atoms with Gasteiger partial charge in [-0.25, -0.2) is 13.2 Å². The van der Waals surface area contributed by atoms with Crippen molar-refractivity contribution in [1.29, 1.82) is 0 Å². The molecular formula is C19H22N2O7S. The van der Waals surface area contributed by atoms with E-state index in [1.807, 2.05) is 0 Å². The van der Waals surface area contributed by atoms with E-state index in [0.29, 0.717) is 6.42 Å². The molecule has 156 valence electrons. The highest BCUT2D eigenvalue weighted by atomic mass is 32.2. The zero-order chi connectivity index (χ0) is 21.3. The van der Waals surface area contributed by atoms with Crippen LogP contribution in [0.15, 0.2) is 24.3 Å². The van der Waals surface area contributed by atoms with Gasteiger partial charge in [0.1, 0.15) is 6.04 Å². The van der Waals surface area contributed by atoms with Crippen molar-refractivity contribution in [3.63, 3.8) is 0 Å². The second kappa shape index (κ2) is 7.94. The molecule has 0 aromatic heterocycles. The van der Waals surface area contributed by atoms with Gasteiger partial charge < -0.3 is 10.1 Å². The van der Waals surface area contributed by atoms with Gasteiger partial charge in [-0.1, -0.05) is 26.0 Å². The van der Waals surface area contributed by atoms with E-state index >= 15 is 0 Å². The van der Waals surface area contributed by atoms with E-state index in [1.54, 1.807) is 26.0 Å². The van der Waals surface area contributed by atoms with Crippen molar-refractivity contribution in [3.05, 3.63) is 35.4 Å². The molecule has 29 heavy (non-hydrogen) atoms. The summed E-state index contributed by atoms with van der Waals surface area (Å²) in [7, 11) is -3.15. The second-order valence-corrected chi connectivity index (χ2v) is 9.72. The van der Waals surface area contributed by atoms with Crippen molar-refractivity contribution in [3.8, 4) is 0 Å². The third-order valence-corrected chi connectivity index (χ3v) is 6.69. The van der Waals surface area contributed by atoms with Crippen LogP contribution >= 0.6 is 0 Å². The lowest BCUT2D eigenvalue weighted by Crippen LogP contribution is -2.49. The molecule has 3 rings (SSSR count). The van der Waals surface area contributed by atoms with Crippen molar-refractivity contribution >= 4 is 33.5 Å². The molecule has 0 bridgehead atoms. The van der Waals surface area contributed by atoms with Crippen LogP contribution in [-0.4, -0.2) is 67.2 Å². The summed E-state index contributed by atoms with van der Waals surface area (Å²) in [6.45, 7) is 2.71. The maximum atomic E-state index is 12.6. The fourth-order valence-corrected chi connectivity index (χ4v) is 5.21. The Morgan fingerprint density at radius 2 is 1.76 bits per heavy atom. The minimum absolute atomic E-state index is 0.00685. The first-order chi connectivity index (χ1) is 13.6. The van der Waals surface area contributed by atoms with E-state index in [0.717, 1.165) is 4.90 Å². The predicted octanol–water partition coefficient (Wildman–Crippen LogP) is 0.154. The lowest BCUT2D eigenvalue weighted by atomic mass is 10.0. The first-order valence-corrected chi connectivity index (χ1v) is 11.1. The monoisotopic (exact) mass is 422 g/mol. The minimum Gasteiger partial charge on any atom is -0.454 e. The van der Waals surface area contributed by atoms with Gasteiger partial charge in [0.2, 0.25) is 0 Å². The van der Waals surface area contributed by atoms with Crippen molar-refractivity contribution in [2.45, 2.75) is 32.4 Å². The molecule has 1 aromatic carbocycles. The maximum Gasteiger partial charge on any atom is 0.330 e. The summed E-state index contributed by atoms with van der Waals surface area (Å²) in [5.41, 5.74) is 0.437. The number of amides is 3. The van der Waals surface area contributed by atoms with Crippen LogP contribution in [0.25, 0.3) is 0 Å². The Balaban J connectivity index is 1.64. The van der Waals surface area contributed by atoms with Gasteiger partial charge in [-0.15, -0.1) is 0 Å². The Kier molecular flexibility index (Phi) is 5.74. The van der Waals surface area contributed by atoms with E-state index in [-0.39, 0.29) is 22.6 Å². The van der Waals surface area contributed by atoms with Crippen LogP contribution in [-0.2, 0) is 24.2 Å². The number of carbonyl (C=O) groups excluding carboxylic acids is 4. The van der Waals surface area contributed by atoms with Crippen LogP contribution in [0.1, 0.15) is 41.0 Å². The molecule has 2 aliphatic heterocycles. The zero-order valence-corrected chi connectivity index (χ0v) is 16.9. The Morgan fingerprint density at radius 3 is 2.24 bits per heavy atom. The van der Waals surface area contributed by atoms with Gasteiger partial charge in [-0.05, 0) is 24.5 Å². The molecule has 0 aliphatic carbocycles. The summed E-state index contributed by atoms with van der Waals surface area (Å²) in [6, 6.07) is 4.60. The topological polar surface area (TPSA) is 127 Å². The van der Waals surface area contributed by atoms with Crippen LogP contribution in [0.2, 0.25) is 0 Å². The largest absolute Gasteiger partial charge is 0.454 e. The number of ether oxygens (including phenoxy) is 1. The van der Waals surface area contributed by atoms with Crippen LogP contribution in [0.4, 0.5) is 0 Å². The molecule has 0 radical (unpaired) electrons. The number of imide groups is 1. The van der Waals surface area contributed by atoms with E-state index in [9.17, 15) is 27.6 Å². The van der Waals surface area contributed by atoms with Crippen LogP contribution in [0, 0.1) is 5.92 Å². The summed E-state index contributed by atoms with van der Waals surface area (Å²) in [4.78, 5) is 50.8. The second-order valence-electron chi connectivity index (χ2n) is 7.49. The molecule has 0 spiro atoms. The lowest BCUT2D eigenvalue weighted by Gasteiger charge is -2.27. The van der Waals surface area contributed by atoms with Crippen molar-refractivity contribution in [1.82, 2.24) is 10.2 Å². The van der Waals surface area contributed by atoms with E-state index < -0.39 is 58.1 Å². The molecule has 3 amide bonds. The number of benzene rings is 1. The van der Waals surface area contributed by atoms with Crippen LogP contribution < -0.4 is 5.32 Å². The van der Waals surface area contributed by atoms with E-state index in [2.05, 4.69) is 5.32 Å². The van der Waals surface area contributed by atoms with E-state index in [1.165, 1.54) is 12.1 Å². The van der Waals surface area contributed by atoms with Gasteiger partial charge in [0.15, 0.2) is 16.4 Å². The molecule has 1 N–H and O–H groups in total. The molecule has 2 heterocycles. The Hall–Kier alpha value is -2.75. The van der Waals surface area contributed by atoms with Crippen LogP contribution in [0.3, 0.4) is 0 Å². The number of carbonyl (C=O) groups is 4. The summed E-state index contributed by atoms with van der Waals surface area (Å²) in [6.07, 6.45) is 0.311. The quantitative estimate of drug-likeness (QED) is 0.511. The Bertz CT molecular complexity index is 936. The number of rotatable bonds is 6. The van der Waals surface area contributed by atoms with Gasteiger partial charge in [0.25, 0.3) is 17.7 Å². The Morgan fingerprint density at radius 1 is 1.17 bits per heavy atom. The molecular weight excluding hydrogens is 400 g/mol. The normalized spacial score (nSPS) is 21.2. The molecule has 1 saturated heterocycles. The average molecular weight is 422 g/mol. The highest BCUT2D eigenvalue weighted by molar-refractivity contribution is 7.91. The van der Waals surface area contributed by atoms with Crippen LogP contribution in [0.5, 0.6) is 0 Å². The lowest BCUT2D eigenvalue weighted by molar-refractivity contribution is -0.153. The minimum atomic E-state index is -3.15. The molecule has 1 aromatic rings. The SMILES string of the molecule is CC(C)[C@@H](C(=O)OCC(=O)NC1CCS(=O)(=O)C1)N1C(=O)c2ccccc2C1=O. The molecule has 10 heteroatoms. The number of hydrogen-bond acceptors (Lipinski definition) is 7. The van der Waals surface area contributed by atoms with Crippen molar-refractivity contribution in [2.75, 3.05) is 18.1 Å². The fourth-order valence-electron chi connectivity index (χ4n) is 3.54. The summed E-state index contributed by atoms with van der Waals surface area (Å²) >= 11 is 0. The smallest absolute Gasteiger partial charge is 0.330 e. The molecule has 1 fully saturated rings. The van der Waals surface area contributed by atoms with Gasteiger partial charge >= 0.3 is 5.97 Å². The van der Waals surface area contributed by atoms with Gasteiger partial charge in [-0.2, -0.15) is 0 Å². The summed E-state index contributed by atoms with van der Waals surface area (Å²) in [5, 5.41) is 2.52.